The third kappa shape index (κ3) is 3.65. The van der Waals surface area contributed by atoms with Gasteiger partial charge in [0.05, 0.1) is 5.02 Å². The van der Waals surface area contributed by atoms with Crippen molar-refractivity contribution in [3.63, 3.8) is 0 Å². The molecule has 0 heterocycles. The Morgan fingerprint density at radius 1 is 0.793 bits per heavy atom. The number of phenols is 2. The first-order chi connectivity index (χ1) is 13.5. The maximum absolute atomic E-state index is 13.0. The summed E-state index contributed by atoms with van der Waals surface area (Å²) < 4.78 is 33.9. The van der Waals surface area contributed by atoms with Crippen LogP contribution >= 0.6 is 46.4 Å². The fourth-order valence-electron chi connectivity index (χ4n) is 3.23. The highest BCUT2D eigenvalue weighted by atomic mass is 35.5. The summed E-state index contributed by atoms with van der Waals surface area (Å²) in [5, 5.41) is 20.3. The molecular weight excluding hydrogens is 482 g/mol. The predicted octanol–water partition coefficient (Wildman–Crippen LogP) is 5.89. The van der Waals surface area contributed by atoms with E-state index in [1.807, 2.05) is 0 Å². The number of hydrogen-bond donors (Lipinski definition) is 3. The first kappa shape index (κ1) is 22.0. The summed E-state index contributed by atoms with van der Waals surface area (Å²) in [4.78, 5) is 0. The molecular formula is C19H12Cl4O5S. The lowest BCUT2D eigenvalue weighted by atomic mass is 9.83. The van der Waals surface area contributed by atoms with Gasteiger partial charge in [-0.25, -0.2) is 0 Å². The minimum Gasteiger partial charge on any atom is -0.508 e. The fraction of sp³-hybridized carbons (Fsp3) is 0.0526. The highest BCUT2D eigenvalue weighted by Crippen LogP contribution is 2.52. The van der Waals surface area contributed by atoms with E-state index in [1.165, 1.54) is 42.5 Å². The Morgan fingerprint density at radius 2 is 1.45 bits per heavy atom. The molecule has 0 saturated carbocycles. The van der Waals surface area contributed by atoms with Crippen molar-refractivity contribution in [1.82, 2.24) is 0 Å². The van der Waals surface area contributed by atoms with Gasteiger partial charge in [0.2, 0.25) is 0 Å². The van der Waals surface area contributed by atoms with E-state index in [2.05, 4.69) is 0 Å². The summed E-state index contributed by atoms with van der Waals surface area (Å²) in [5.74, 6) is -1.05. The van der Waals surface area contributed by atoms with E-state index < -0.39 is 20.6 Å². The quantitative estimate of drug-likeness (QED) is 0.311. The lowest BCUT2D eigenvalue weighted by molar-refractivity contribution is 0.439. The average molecular weight is 494 g/mol. The van der Waals surface area contributed by atoms with Gasteiger partial charge >= 0.3 is 0 Å². The van der Waals surface area contributed by atoms with Gasteiger partial charge in [-0.3, -0.25) is 4.55 Å². The zero-order valence-corrected chi connectivity index (χ0v) is 18.1. The number of phenolic OH excluding ortho intramolecular Hbond substituents is 2. The van der Waals surface area contributed by atoms with E-state index in [0.717, 1.165) is 6.07 Å². The summed E-state index contributed by atoms with van der Waals surface area (Å²) in [6.07, 6.45) is 0. The number of hydrogen-bond acceptors (Lipinski definition) is 4. The first-order valence-corrected chi connectivity index (χ1v) is 10.8. The molecule has 1 atom stereocenters. The number of aromatic hydroxyl groups is 2. The molecule has 3 aromatic rings. The first-order valence-electron chi connectivity index (χ1n) is 7.89. The molecule has 29 heavy (non-hydrogen) atoms. The van der Waals surface area contributed by atoms with Gasteiger partial charge in [-0.15, -0.1) is 0 Å². The fourth-order valence-corrected chi connectivity index (χ4v) is 5.43. The molecule has 0 saturated heterocycles. The topological polar surface area (TPSA) is 94.8 Å². The van der Waals surface area contributed by atoms with Gasteiger partial charge in [0.25, 0.3) is 10.1 Å². The number of rotatable bonds is 4. The van der Waals surface area contributed by atoms with E-state index >= 15 is 0 Å². The van der Waals surface area contributed by atoms with Crippen LogP contribution in [-0.4, -0.2) is 23.2 Å². The second kappa shape index (κ2) is 7.87. The maximum atomic E-state index is 13.0. The third-order valence-electron chi connectivity index (χ3n) is 4.38. The van der Waals surface area contributed by atoms with Crippen LogP contribution in [0.5, 0.6) is 11.5 Å². The van der Waals surface area contributed by atoms with Gasteiger partial charge in [0.1, 0.15) is 16.5 Å². The zero-order valence-electron chi connectivity index (χ0n) is 14.3. The molecule has 10 heteroatoms. The van der Waals surface area contributed by atoms with Crippen molar-refractivity contribution in [2.75, 3.05) is 0 Å². The summed E-state index contributed by atoms with van der Waals surface area (Å²) in [7, 11) is -5.11. The normalized spacial score (nSPS) is 13.8. The van der Waals surface area contributed by atoms with Crippen molar-refractivity contribution >= 4 is 56.5 Å². The molecule has 0 amide bonds. The Morgan fingerprint density at radius 3 is 2.03 bits per heavy atom. The molecule has 3 aromatic carbocycles. The van der Waals surface area contributed by atoms with Crippen LogP contribution in [0.2, 0.25) is 20.1 Å². The van der Waals surface area contributed by atoms with Gasteiger partial charge in [-0.1, -0.05) is 70.7 Å². The van der Waals surface area contributed by atoms with Crippen molar-refractivity contribution in [3.05, 3.63) is 91.4 Å². The largest absolute Gasteiger partial charge is 0.508 e. The van der Waals surface area contributed by atoms with Gasteiger partial charge in [0.15, 0.2) is 4.75 Å². The molecule has 0 fully saturated rings. The van der Waals surface area contributed by atoms with E-state index in [-0.39, 0.29) is 42.5 Å². The third-order valence-corrected chi connectivity index (χ3v) is 7.17. The molecule has 3 rings (SSSR count). The van der Waals surface area contributed by atoms with Crippen LogP contribution in [0.25, 0.3) is 0 Å². The highest BCUT2D eigenvalue weighted by Gasteiger charge is 2.51. The molecule has 0 aliphatic heterocycles. The van der Waals surface area contributed by atoms with E-state index in [0.29, 0.717) is 0 Å². The SMILES string of the molecule is O=S(=O)(O)C(c1cc(O)cc(Cl)c1)(c1ccccc1Cl)c1ccc(Cl)c(Cl)c1O. The van der Waals surface area contributed by atoms with Crippen LogP contribution in [0, 0.1) is 0 Å². The van der Waals surface area contributed by atoms with Crippen LogP contribution in [-0.2, 0) is 14.9 Å². The number of halogens is 4. The van der Waals surface area contributed by atoms with Crippen LogP contribution in [0.3, 0.4) is 0 Å². The van der Waals surface area contributed by atoms with Crippen molar-refractivity contribution in [1.29, 1.82) is 0 Å². The molecule has 0 bridgehead atoms. The lowest BCUT2D eigenvalue weighted by Gasteiger charge is -2.34. The van der Waals surface area contributed by atoms with Crippen LogP contribution in [0.15, 0.2) is 54.6 Å². The minimum atomic E-state index is -5.11. The van der Waals surface area contributed by atoms with Crippen molar-refractivity contribution in [2.24, 2.45) is 0 Å². The zero-order chi connectivity index (χ0) is 21.6. The highest BCUT2D eigenvalue weighted by molar-refractivity contribution is 7.87. The standard InChI is InChI=1S/C19H12Cl4O5S/c20-11-7-10(8-12(24)9-11)19(29(26,27)28,13-3-1-2-4-15(13)21)14-5-6-16(22)17(23)18(14)25/h1-9,24-25H,(H,26,27,28). The molecule has 0 aromatic heterocycles. The Hall–Kier alpha value is -1.67. The Bertz CT molecular complexity index is 1190. The average Bonchev–Trinajstić information content (AvgIpc) is 2.61. The van der Waals surface area contributed by atoms with Crippen LogP contribution in [0.4, 0.5) is 0 Å². The van der Waals surface area contributed by atoms with E-state index in [9.17, 15) is 23.2 Å². The van der Waals surface area contributed by atoms with Gasteiger partial charge in [-0.2, -0.15) is 8.42 Å². The summed E-state index contributed by atoms with van der Waals surface area (Å²) in [6, 6.07) is 11.8. The van der Waals surface area contributed by atoms with E-state index in [1.54, 1.807) is 6.07 Å². The Balaban J connectivity index is 2.63. The maximum Gasteiger partial charge on any atom is 0.283 e. The molecule has 152 valence electrons. The second-order valence-electron chi connectivity index (χ2n) is 6.09. The van der Waals surface area contributed by atoms with Crippen LogP contribution < -0.4 is 0 Å². The molecule has 5 nitrogen and oxygen atoms in total. The Labute approximate surface area is 186 Å². The second-order valence-corrected chi connectivity index (χ2v) is 9.28. The van der Waals surface area contributed by atoms with Crippen LogP contribution in [0.1, 0.15) is 16.7 Å². The monoisotopic (exact) mass is 492 g/mol. The van der Waals surface area contributed by atoms with Crippen molar-refractivity contribution < 1.29 is 23.2 Å². The van der Waals surface area contributed by atoms with Gasteiger partial charge < -0.3 is 10.2 Å². The van der Waals surface area contributed by atoms with Gasteiger partial charge in [0, 0.05) is 21.2 Å². The lowest BCUT2D eigenvalue weighted by Crippen LogP contribution is -2.38. The molecule has 0 radical (unpaired) electrons. The van der Waals surface area contributed by atoms with Crippen molar-refractivity contribution in [2.45, 2.75) is 4.75 Å². The Kier molecular flexibility index (Phi) is 5.98. The summed E-state index contributed by atoms with van der Waals surface area (Å²) >= 11 is 24.3. The number of benzene rings is 3. The summed E-state index contributed by atoms with van der Waals surface area (Å²) in [5.41, 5.74) is -0.601. The molecule has 0 aliphatic carbocycles. The molecule has 1 unspecified atom stereocenters. The predicted molar refractivity (Wildman–Crippen MR) is 114 cm³/mol. The molecule has 0 spiro atoms. The van der Waals surface area contributed by atoms with Gasteiger partial charge in [-0.05, 0) is 35.9 Å². The minimum absolute atomic E-state index is 0.0142. The molecule has 3 N–H and O–H groups in total. The summed E-state index contributed by atoms with van der Waals surface area (Å²) in [6.45, 7) is 0. The van der Waals surface area contributed by atoms with Crippen molar-refractivity contribution in [3.8, 4) is 11.5 Å². The van der Waals surface area contributed by atoms with E-state index in [4.69, 9.17) is 46.4 Å². The smallest absolute Gasteiger partial charge is 0.283 e. The molecule has 0 aliphatic rings.